The summed E-state index contributed by atoms with van der Waals surface area (Å²) in [5, 5.41) is 0. The minimum Gasteiger partial charge on any atom is -0.369 e. The van der Waals surface area contributed by atoms with Gasteiger partial charge in [-0.1, -0.05) is 48.0 Å². The van der Waals surface area contributed by atoms with Crippen LogP contribution in [0, 0.1) is 6.92 Å². The number of nitrogens with zero attached hydrogens (tertiary/aromatic N) is 2. The van der Waals surface area contributed by atoms with Gasteiger partial charge in [0, 0.05) is 44.1 Å². The molecule has 0 spiro atoms. The monoisotopic (exact) mass is 421 g/mol. The van der Waals surface area contributed by atoms with Crippen LogP contribution in [0.1, 0.15) is 11.1 Å². The summed E-state index contributed by atoms with van der Waals surface area (Å²) in [6, 6.07) is 25.0. The van der Waals surface area contributed by atoms with Crippen LogP contribution in [-0.2, 0) is 16.6 Å². The van der Waals surface area contributed by atoms with Crippen LogP contribution in [0.15, 0.2) is 83.8 Å². The van der Waals surface area contributed by atoms with Crippen molar-refractivity contribution in [2.75, 3.05) is 35.8 Å². The average molecular weight is 422 g/mol. The fourth-order valence-electron chi connectivity index (χ4n) is 3.67. The first-order chi connectivity index (χ1) is 14.5. The minimum atomic E-state index is -3.57. The van der Waals surface area contributed by atoms with Crippen LogP contribution < -0.4 is 9.62 Å². The molecule has 0 unspecified atom stereocenters. The number of aryl methyl sites for hydroxylation is 1. The Morgan fingerprint density at radius 1 is 0.800 bits per heavy atom. The average Bonchev–Trinajstić information content (AvgIpc) is 2.76. The number of anilines is 2. The van der Waals surface area contributed by atoms with Crippen molar-refractivity contribution in [2.24, 2.45) is 0 Å². The molecule has 3 aromatic rings. The third-order valence-corrected chi connectivity index (χ3v) is 6.83. The fourth-order valence-corrected chi connectivity index (χ4v) is 4.73. The lowest BCUT2D eigenvalue weighted by Gasteiger charge is -2.36. The van der Waals surface area contributed by atoms with E-state index < -0.39 is 10.0 Å². The summed E-state index contributed by atoms with van der Waals surface area (Å²) in [4.78, 5) is 5.12. The van der Waals surface area contributed by atoms with Gasteiger partial charge in [-0.2, -0.15) is 0 Å². The van der Waals surface area contributed by atoms with Crippen molar-refractivity contribution in [1.29, 1.82) is 0 Å². The van der Waals surface area contributed by atoms with Gasteiger partial charge >= 0.3 is 0 Å². The van der Waals surface area contributed by atoms with Crippen molar-refractivity contribution in [3.05, 3.63) is 90.0 Å². The third kappa shape index (κ3) is 5.01. The first-order valence-corrected chi connectivity index (χ1v) is 11.7. The first kappa shape index (κ1) is 20.4. The minimum absolute atomic E-state index is 0.272. The molecule has 1 fully saturated rings. The molecule has 5 nitrogen and oxygen atoms in total. The van der Waals surface area contributed by atoms with Gasteiger partial charge in [0.1, 0.15) is 0 Å². The van der Waals surface area contributed by atoms with Crippen molar-refractivity contribution >= 4 is 21.4 Å². The maximum atomic E-state index is 12.5. The molecule has 156 valence electrons. The van der Waals surface area contributed by atoms with E-state index in [1.165, 1.54) is 11.3 Å². The standard InChI is InChI=1S/C24H27N3O2S/c1-20-7-13-24(14-8-20)30(28,29)25-22-11-9-21(10-12-22)19-26-15-17-27(18-16-26)23-5-3-2-4-6-23/h2-14,25H,15-19H2,1H3. The number of rotatable bonds is 6. The highest BCUT2D eigenvalue weighted by Gasteiger charge is 2.17. The Bertz CT molecular complexity index is 1060. The fraction of sp³-hybridized carbons (Fsp3) is 0.250. The molecular weight excluding hydrogens is 394 g/mol. The first-order valence-electron chi connectivity index (χ1n) is 10.2. The Kier molecular flexibility index (Phi) is 6.06. The molecule has 3 aromatic carbocycles. The van der Waals surface area contributed by atoms with Crippen LogP contribution in [0.25, 0.3) is 0 Å². The van der Waals surface area contributed by atoms with Gasteiger partial charge in [0.05, 0.1) is 4.90 Å². The van der Waals surface area contributed by atoms with Crippen LogP contribution in [0.2, 0.25) is 0 Å². The van der Waals surface area contributed by atoms with Gasteiger partial charge in [0.25, 0.3) is 10.0 Å². The molecule has 4 rings (SSSR count). The van der Waals surface area contributed by atoms with E-state index in [9.17, 15) is 8.42 Å². The molecular formula is C24H27N3O2S. The van der Waals surface area contributed by atoms with E-state index in [0.717, 1.165) is 38.3 Å². The maximum Gasteiger partial charge on any atom is 0.261 e. The number of hydrogen-bond acceptors (Lipinski definition) is 4. The molecule has 0 saturated carbocycles. The van der Waals surface area contributed by atoms with Crippen molar-refractivity contribution in [3.63, 3.8) is 0 Å². The molecule has 0 aliphatic carbocycles. The van der Waals surface area contributed by atoms with Crippen LogP contribution >= 0.6 is 0 Å². The van der Waals surface area contributed by atoms with Crippen molar-refractivity contribution < 1.29 is 8.42 Å². The Hall–Kier alpha value is -2.83. The van der Waals surface area contributed by atoms with E-state index >= 15 is 0 Å². The summed E-state index contributed by atoms with van der Waals surface area (Å²) in [7, 11) is -3.57. The Labute approximate surface area is 179 Å². The largest absolute Gasteiger partial charge is 0.369 e. The van der Waals surface area contributed by atoms with Crippen LogP contribution in [0.3, 0.4) is 0 Å². The highest BCUT2D eigenvalue weighted by molar-refractivity contribution is 7.92. The maximum absolute atomic E-state index is 12.5. The summed E-state index contributed by atoms with van der Waals surface area (Å²) in [6.07, 6.45) is 0. The third-order valence-electron chi connectivity index (χ3n) is 5.44. The van der Waals surface area contributed by atoms with Gasteiger partial charge in [-0.15, -0.1) is 0 Å². The van der Waals surface area contributed by atoms with Gasteiger partial charge in [-0.05, 0) is 48.9 Å². The summed E-state index contributed by atoms with van der Waals surface area (Å²) >= 11 is 0. The Balaban J connectivity index is 1.32. The number of hydrogen-bond donors (Lipinski definition) is 1. The van der Waals surface area contributed by atoms with Crippen LogP contribution in [-0.4, -0.2) is 39.5 Å². The molecule has 30 heavy (non-hydrogen) atoms. The molecule has 1 aliphatic heterocycles. The number of sulfonamides is 1. The van der Waals surface area contributed by atoms with E-state index in [2.05, 4.69) is 38.8 Å². The van der Waals surface area contributed by atoms with E-state index in [-0.39, 0.29) is 4.90 Å². The molecule has 1 N–H and O–H groups in total. The predicted octanol–water partition coefficient (Wildman–Crippen LogP) is 4.12. The smallest absolute Gasteiger partial charge is 0.261 e. The van der Waals surface area contributed by atoms with Gasteiger partial charge in [-0.3, -0.25) is 9.62 Å². The van der Waals surface area contributed by atoms with Crippen molar-refractivity contribution in [1.82, 2.24) is 4.90 Å². The zero-order chi connectivity index (χ0) is 21.0. The van der Waals surface area contributed by atoms with Gasteiger partial charge in [-0.25, -0.2) is 8.42 Å². The Morgan fingerprint density at radius 3 is 2.07 bits per heavy atom. The predicted molar refractivity (Wildman–Crippen MR) is 122 cm³/mol. The zero-order valence-electron chi connectivity index (χ0n) is 17.2. The van der Waals surface area contributed by atoms with E-state index in [1.54, 1.807) is 24.3 Å². The van der Waals surface area contributed by atoms with Crippen LogP contribution in [0.5, 0.6) is 0 Å². The number of nitrogens with one attached hydrogen (secondary N) is 1. The highest BCUT2D eigenvalue weighted by atomic mass is 32.2. The number of benzene rings is 3. The zero-order valence-corrected chi connectivity index (χ0v) is 18.0. The molecule has 0 atom stereocenters. The second-order valence-electron chi connectivity index (χ2n) is 7.71. The van der Waals surface area contributed by atoms with Crippen molar-refractivity contribution in [2.45, 2.75) is 18.4 Å². The second kappa shape index (κ2) is 8.90. The van der Waals surface area contributed by atoms with Gasteiger partial charge in [0.15, 0.2) is 0 Å². The molecule has 0 radical (unpaired) electrons. The van der Waals surface area contributed by atoms with Gasteiger partial charge < -0.3 is 4.90 Å². The lowest BCUT2D eigenvalue weighted by molar-refractivity contribution is 0.250. The molecule has 0 bridgehead atoms. The second-order valence-corrected chi connectivity index (χ2v) is 9.40. The summed E-state index contributed by atoms with van der Waals surface area (Å²) in [6.45, 7) is 6.85. The normalized spacial score (nSPS) is 15.2. The molecule has 0 aromatic heterocycles. The number of piperazine rings is 1. The summed E-state index contributed by atoms with van der Waals surface area (Å²) in [5.74, 6) is 0. The van der Waals surface area contributed by atoms with Crippen LogP contribution in [0.4, 0.5) is 11.4 Å². The molecule has 1 heterocycles. The van der Waals surface area contributed by atoms with E-state index in [4.69, 9.17) is 0 Å². The summed E-state index contributed by atoms with van der Waals surface area (Å²) in [5.41, 5.74) is 4.07. The molecule has 0 amide bonds. The molecule has 1 saturated heterocycles. The quantitative estimate of drug-likeness (QED) is 0.651. The lowest BCUT2D eigenvalue weighted by Crippen LogP contribution is -2.45. The van der Waals surface area contributed by atoms with Crippen molar-refractivity contribution in [3.8, 4) is 0 Å². The van der Waals surface area contributed by atoms with E-state index in [1.807, 2.05) is 37.3 Å². The topological polar surface area (TPSA) is 52.7 Å². The lowest BCUT2D eigenvalue weighted by atomic mass is 10.1. The highest BCUT2D eigenvalue weighted by Crippen LogP contribution is 2.19. The Morgan fingerprint density at radius 2 is 1.43 bits per heavy atom. The summed E-state index contributed by atoms with van der Waals surface area (Å²) < 4.78 is 27.7. The van der Waals surface area contributed by atoms with Gasteiger partial charge in [0.2, 0.25) is 0 Å². The number of para-hydroxylation sites is 1. The molecule has 6 heteroatoms. The molecule has 1 aliphatic rings. The SMILES string of the molecule is Cc1ccc(S(=O)(=O)Nc2ccc(CN3CCN(c4ccccc4)CC3)cc2)cc1. The van der Waals surface area contributed by atoms with E-state index in [0.29, 0.717) is 5.69 Å².